The highest BCUT2D eigenvalue weighted by Crippen LogP contribution is 2.29. The fraction of sp³-hybridized carbons (Fsp3) is 0.462. The van der Waals surface area contributed by atoms with Crippen LogP contribution in [-0.4, -0.2) is 75.7 Å². The normalized spacial score (nSPS) is 21.6. The van der Waals surface area contributed by atoms with Gasteiger partial charge in [0.05, 0.1) is 5.92 Å². The van der Waals surface area contributed by atoms with Gasteiger partial charge in [-0.25, -0.2) is 0 Å². The molecule has 4 rings (SSSR count). The van der Waals surface area contributed by atoms with E-state index in [0.717, 1.165) is 16.7 Å². The van der Waals surface area contributed by atoms with E-state index in [0.29, 0.717) is 26.1 Å². The minimum atomic E-state index is -0.556. The Morgan fingerprint density at radius 2 is 1.79 bits per heavy atom. The van der Waals surface area contributed by atoms with Crippen molar-refractivity contribution in [3.8, 4) is 11.1 Å². The molecular weight excluding hydrogens is 416 g/mol. The summed E-state index contributed by atoms with van der Waals surface area (Å²) in [6, 6.07) is 11.4. The summed E-state index contributed by atoms with van der Waals surface area (Å²) >= 11 is 0. The van der Waals surface area contributed by atoms with Crippen molar-refractivity contribution >= 4 is 17.7 Å². The molecule has 1 aromatic carbocycles. The molecule has 3 amide bonds. The number of rotatable bonds is 4. The van der Waals surface area contributed by atoms with E-state index in [2.05, 4.69) is 4.98 Å². The highest BCUT2D eigenvalue weighted by atomic mass is 16.2. The molecule has 7 heteroatoms. The van der Waals surface area contributed by atoms with Gasteiger partial charge in [0.1, 0.15) is 6.04 Å². The molecule has 0 radical (unpaired) electrons. The van der Waals surface area contributed by atoms with Crippen LogP contribution in [0.5, 0.6) is 0 Å². The maximum absolute atomic E-state index is 13.5. The lowest BCUT2D eigenvalue weighted by Crippen LogP contribution is -2.59. The molecule has 2 saturated heterocycles. The van der Waals surface area contributed by atoms with E-state index in [9.17, 15) is 14.4 Å². The third-order valence-corrected chi connectivity index (χ3v) is 6.66. The first kappa shape index (κ1) is 23.0. The summed E-state index contributed by atoms with van der Waals surface area (Å²) in [7, 11) is 1.78. The Morgan fingerprint density at radius 1 is 1.06 bits per heavy atom. The second kappa shape index (κ2) is 8.96. The second-order valence-corrected chi connectivity index (χ2v) is 10.0. The Bertz CT molecular complexity index is 1030. The average Bonchev–Trinajstić information content (AvgIpc) is 3.20. The molecule has 2 fully saturated rings. The van der Waals surface area contributed by atoms with Crippen molar-refractivity contribution in [1.82, 2.24) is 19.7 Å². The molecule has 2 aliphatic heterocycles. The molecule has 0 saturated carbocycles. The van der Waals surface area contributed by atoms with Crippen molar-refractivity contribution < 1.29 is 14.4 Å². The molecule has 2 atom stereocenters. The third kappa shape index (κ3) is 4.77. The van der Waals surface area contributed by atoms with Crippen LogP contribution in [0.2, 0.25) is 0 Å². The van der Waals surface area contributed by atoms with E-state index in [-0.39, 0.29) is 29.7 Å². The number of carbonyl (C=O) groups excluding carboxylic acids is 3. The first-order valence-corrected chi connectivity index (χ1v) is 11.5. The Labute approximate surface area is 195 Å². The molecular formula is C26H32N4O3. The van der Waals surface area contributed by atoms with Gasteiger partial charge < -0.3 is 14.7 Å². The summed E-state index contributed by atoms with van der Waals surface area (Å²) in [6.07, 6.45) is 4.22. The smallest absolute Gasteiger partial charge is 0.245 e. The van der Waals surface area contributed by atoms with Gasteiger partial charge in [0.2, 0.25) is 17.7 Å². The predicted octanol–water partition coefficient (Wildman–Crippen LogP) is 2.61. The number of benzene rings is 1. The summed E-state index contributed by atoms with van der Waals surface area (Å²) in [4.78, 5) is 48.4. The van der Waals surface area contributed by atoms with Crippen molar-refractivity contribution in [3.05, 3.63) is 54.4 Å². The number of carbonyl (C=O) groups is 3. The van der Waals surface area contributed by atoms with E-state index in [1.54, 1.807) is 27.9 Å². The molecule has 0 unspecified atom stereocenters. The van der Waals surface area contributed by atoms with E-state index in [1.807, 2.05) is 63.4 Å². The number of aromatic nitrogens is 1. The molecule has 3 heterocycles. The fourth-order valence-corrected chi connectivity index (χ4v) is 4.72. The van der Waals surface area contributed by atoms with Crippen LogP contribution >= 0.6 is 0 Å². The second-order valence-electron chi connectivity index (χ2n) is 10.0. The summed E-state index contributed by atoms with van der Waals surface area (Å²) in [6.45, 7) is 7.35. The number of nitrogens with zero attached hydrogens (tertiary/aromatic N) is 4. The van der Waals surface area contributed by atoms with Gasteiger partial charge in [-0.15, -0.1) is 0 Å². The van der Waals surface area contributed by atoms with Crippen molar-refractivity contribution in [3.63, 3.8) is 0 Å². The quantitative estimate of drug-likeness (QED) is 0.721. The molecule has 174 valence electrons. The predicted molar refractivity (Wildman–Crippen MR) is 126 cm³/mol. The maximum atomic E-state index is 13.5. The van der Waals surface area contributed by atoms with Gasteiger partial charge in [0.15, 0.2) is 0 Å². The first-order valence-electron chi connectivity index (χ1n) is 11.5. The largest absolute Gasteiger partial charge is 0.342 e. The lowest BCUT2D eigenvalue weighted by molar-refractivity contribution is -0.152. The van der Waals surface area contributed by atoms with Crippen LogP contribution in [-0.2, 0) is 20.8 Å². The minimum Gasteiger partial charge on any atom is -0.342 e. The fourth-order valence-electron chi connectivity index (χ4n) is 4.72. The summed E-state index contributed by atoms with van der Waals surface area (Å²) < 4.78 is 0. The highest BCUT2D eigenvalue weighted by molar-refractivity contribution is 5.93. The van der Waals surface area contributed by atoms with E-state index >= 15 is 0 Å². The number of hydrogen-bond donors (Lipinski definition) is 0. The van der Waals surface area contributed by atoms with Gasteiger partial charge in [0.25, 0.3) is 0 Å². The Balaban J connectivity index is 1.52. The Kier molecular flexibility index (Phi) is 6.23. The van der Waals surface area contributed by atoms with Gasteiger partial charge in [-0.05, 0) is 43.5 Å². The van der Waals surface area contributed by atoms with E-state index < -0.39 is 12.0 Å². The first-order chi connectivity index (χ1) is 15.6. The summed E-state index contributed by atoms with van der Waals surface area (Å²) in [5.74, 6) is -0.538. The monoisotopic (exact) mass is 448 g/mol. The van der Waals surface area contributed by atoms with Crippen LogP contribution < -0.4 is 0 Å². The number of likely N-dealkylation sites (N-methyl/N-ethyl adjacent to an activating group) is 1. The number of likely N-dealkylation sites (tertiary alicyclic amines) is 1. The molecule has 0 spiro atoms. The van der Waals surface area contributed by atoms with Gasteiger partial charge in [-0.1, -0.05) is 30.3 Å². The zero-order valence-electron chi connectivity index (χ0n) is 19.8. The van der Waals surface area contributed by atoms with Crippen molar-refractivity contribution in [1.29, 1.82) is 0 Å². The SMILES string of the molecule is CN1CCN(C(=O)[C@H]2CC(=O)N(C(C)(C)C)C2)[C@H](Cc2ccc(-c3cccnc3)cc2)C1=O. The lowest BCUT2D eigenvalue weighted by atomic mass is 9.97. The molecule has 1 aromatic heterocycles. The maximum Gasteiger partial charge on any atom is 0.245 e. The van der Waals surface area contributed by atoms with Gasteiger partial charge >= 0.3 is 0 Å². The molecule has 0 N–H and O–H groups in total. The van der Waals surface area contributed by atoms with E-state index in [1.165, 1.54) is 0 Å². The van der Waals surface area contributed by atoms with Crippen LogP contribution in [0.3, 0.4) is 0 Å². The highest BCUT2D eigenvalue weighted by Gasteiger charge is 2.44. The Hall–Kier alpha value is -3.22. The van der Waals surface area contributed by atoms with Crippen molar-refractivity contribution in [2.45, 2.75) is 45.2 Å². The number of pyridine rings is 1. The van der Waals surface area contributed by atoms with Crippen LogP contribution in [0.15, 0.2) is 48.8 Å². The van der Waals surface area contributed by atoms with Crippen LogP contribution in [0, 0.1) is 5.92 Å². The van der Waals surface area contributed by atoms with E-state index in [4.69, 9.17) is 0 Å². The summed E-state index contributed by atoms with van der Waals surface area (Å²) in [5.41, 5.74) is 2.76. The zero-order chi connectivity index (χ0) is 23.8. The number of hydrogen-bond acceptors (Lipinski definition) is 4. The lowest BCUT2D eigenvalue weighted by Gasteiger charge is -2.40. The molecule has 2 aliphatic rings. The molecule has 7 nitrogen and oxygen atoms in total. The van der Waals surface area contributed by atoms with Gasteiger partial charge in [-0.2, -0.15) is 0 Å². The summed E-state index contributed by atoms with van der Waals surface area (Å²) in [5, 5.41) is 0. The standard InChI is InChI=1S/C26H32N4O3/c1-26(2,3)30-17-21(15-23(30)31)24(32)29-13-12-28(4)25(33)22(29)14-18-7-9-19(10-8-18)20-6-5-11-27-16-20/h5-11,16,21-22H,12-15,17H2,1-4H3/t21-,22+/m0/s1. The molecule has 0 aliphatic carbocycles. The van der Waals surface area contributed by atoms with Crippen LogP contribution in [0.25, 0.3) is 11.1 Å². The molecule has 0 bridgehead atoms. The molecule has 33 heavy (non-hydrogen) atoms. The average molecular weight is 449 g/mol. The topological polar surface area (TPSA) is 73.8 Å². The minimum absolute atomic E-state index is 0.00356. The third-order valence-electron chi connectivity index (χ3n) is 6.66. The van der Waals surface area contributed by atoms with Crippen molar-refractivity contribution in [2.24, 2.45) is 5.92 Å². The van der Waals surface area contributed by atoms with Crippen LogP contribution in [0.4, 0.5) is 0 Å². The van der Waals surface area contributed by atoms with Gasteiger partial charge in [-0.3, -0.25) is 19.4 Å². The van der Waals surface area contributed by atoms with Crippen LogP contribution in [0.1, 0.15) is 32.8 Å². The molecule has 2 aromatic rings. The zero-order valence-corrected chi connectivity index (χ0v) is 19.8. The number of piperazine rings is 1. The Morgan fingerprint density at radius 3 is 2.39 bits per heavy atom. The van der Waals surface area contributed by atoms with Gasteiger partial charge in [0, 0.05) is 57.5 Å². The number of amides is 3. The van der Waals surface area contributed by atoms with Crippen molar-refractivity contribution in [2.75, 3.05) is 26.7 Å².